The van der Waals surface area contributed by atoms with Crippen molar-refractivity contribution in [2.24, 2.45) is 13.0 Å². The Morgan fingerprint density at radius 2 is 1.75 bits per heavy atom. The number of aryl methyl sites for hydroxylation is 3. The Bertz CT molecular complexity index is 1230. The lowest BCUT2D eigenvalue weighted by Crippen LogP contribution is -2.30. The summed E-state index contributed by atoms with van der Waals surface area (Å²) in [5, 5.41) is 8.33. The van der Waals surface area contributed by atoms with Gasteiger partial charge in [-0.05, 0) is 50.3 Å². The summed E-state index contributed by atoms with van der Waals surface area (Å²) in [4.78, 5) is 4.83. The SMILES string of the molecule is Cc1nnn(C)c1-c1ccc2nc(C)n([C@@H](c3ccccc3)C3CCC(F)(F)CC3)c2c1. The van der Waals surface area contributed by atoms with Gasteiger partial charge in [0, 0.05) is 25.5 Å². The van der Waals surface area contributed by atoms with Gasteiger partial charge in [-0.25, -0.2) is 18.4 Å². The van der Waals surface area contributed by atoms with Crippen LogP contribution in [-0.4, -0.2) is 30.5 Å². The largest absolute Gasteiger partial charge is 0.320 e. The predicted octanol–water partition coefficient (Wildman–Crippen LogP) is 5.86. The van der Waals surface area contributed by atoms with Crippen molar-refractivity contribution in [3.63, 3.8) is 0 Å². The van der Waals surface area contributed by atoms with Crippen LogP contribution in [0.3, 0.4) is 0 Å². The highest BCUT2D eigenvalue weighted by molar-refractivity contribution is 5.82. The van der Waals surface area contributed by atoms with Crippen LogP contribution in [0.5, 0.6) is 0 Å². The van der Waals surface area contributed by atoms with Crippen molar-refractivity contribution in [3.8, 4) is 11.3 Å². The van der Waals surface area contributed by atoms with Crippen LogP contribution in [0.15, 0.2) is 48.5 Å². The van der Waals surface area contributed by atoms with E-state index in [4.69, 9.17) is 4.98 Å². The zero-order valence-electron chi connectivity index (χ0n) is 18.6. The summed E-state index contributed by atoms with van der Waals surface area (Å²) in [5.41, 5.74) is 5.89. The smallest absolute Gasteiger partial charge is 0.248 e. The number of rotatable bonds is 4. The molecule has 0 saturated heterocycles. The molecule has 0 spiro atoms. The average molecular weight is 436 g/mol. The lowest BCUT2D eigenvalue weighted by molar-refractivity contribution is -0.0495. The molecule has 0 aliphatic heterocycles. The highest BCUT2D eigenvalue weighted by atomic mass is 19.3. The van der Waals surface area contributed by atoms with Crippen molar-refractivity contribution in [1.82, 2.24) is 24.5 Å². The molecular formula is C25H27F2N5. The van der Waals surface area contributed by atoms with Crippen LogP contribution in [0.2, 0.25) is 0 Å². The second-order valence-corrected chi connectivity index (χ2v) is 8.93. The molecule has 0 N–H and O–H groups in total. The van der Waals surface area contributed by atoms with Crippen LogP contribution in [0.4, 0.5) is 8.78 Å². The molecule has 5 nitrogen and oxygen atoms in total. The molecule has 1 saturated carbocycles. The normalized spacial score (nSPS) is 17.7. The van der Waals surface area contributed by atoms with Gasteiger partial charge in [0.2, 0.25) is 5.92 Å². The van der Waals surface area contributed by atoms with Gasteiger partial charge < -0.3 is 4.57 Å². The zero-order chi connectivity index (χ0) is 22.5. The number of alkyl halides is 2. The Kier molecular flexibility index (Phi) is 5.07. The molecule has 1 aliphatic rings. The van der Waals surface area contributed by atoms with Gasteiger partial charge in [0.25, 0.3) is 0 Å². The Morgan fingerprint density at radius 3 is 2.41 bits per heavy atom. The zero-order valence-corrected chi connectivity index (χ0v) is 18.6. The molecule has 5 rings (SSSR count). The Morgan fingerprint density at radius 1 is 1.03 bits per heavy atom. The topological polar surface area (TPSA) is 48.5 Å². The highest BCUT2D eigenvalue weighted by Crippen LogP contribution is 2.44. The van der Waals surface area contributed by atoms with E-state index in [9.17, 15) is 8.78 Å². The first-order valence-electron chi connectivity index (χ1n) is 11.1. The van der Waals surface area contributed by atoms with Crippen LogP contribution in [0.1, 0.15) is 48.8 Å². The molecule has 2 aromatic heterocycles. The Labute approximate surface area is 186 Å². The maximum absolute atomic E-state index is 14.0. The first-order chi connectivity index (χ1) is 15.3. The first kappa shape index (κ1) is 20.8. The van der Waals surface area contributed by atoms with E-state index in [1.165, 1.54) is 0 Å². The lowest BCUT2D eigenvalue weighted by atomic mass is 9.79. The molecule has 1 aliphatic carbocycles. The Balaban J connectivity index is 1.67. The minimum Gasteiger partial charge on any atom is -0.320 e. The van der Waals surface area contributed by atoms with Gasteiger partial charge in [0.15, 0.2) is 0 Å². The van der Waals surface area contributed by atoms with Gasteiger partial charge in [-0.1, -0.05) is 41.6 Å². The van der Waals surface area contributed by atoms with E-state index in [2.05, 4.69) is 33.1 Å². The summed E-state index contributed by atoms with van der Waals surface area (Å²) in [6, 6.07) is 16.4. The molecule has 0 bridgehead atoms. The molecule has 2 heterocycles. The maximum Gasteiger partial charge on any atom is 0.248 e. The molecule has 7 heteroatoms. The molecule has 0 unspecified atom stereocenters. The van der Waals surface area contributed by atoms with E-state index < -0.39 is 5.92 Å². The van der Waals surface area contributed by atoms with Crippen LogP contribution >= 0.6 is 0 Å². The van der Waals surface area contributed by atoms with E-state index in [-0.39, 0.29) is 24.8 Å². The number of hydrogen-bond acceptors (Lipinski definition) is 3. The van der Waals surface area contributed by atoms with E-state index in [0.29, 0.717) is 12.8 Å². The summed E-state index contributed by atoms with van der Waals surface area (Å²) in [6.45, 7) is 3.95. The fourth-order valence-electron chi connectivity index (χ4n) is 5.23. The second kappa shape index (κ2) is 7.80. The molecule has 32 heavy (non-hydrogen) atoms. The van der Waals surface area contributed by atoms with E-state index in [1.807, 2.05) is 51.2 Å². The molecular weight excluding hydrogens is 408 g/mol. The van der Waals surface area contributed by atoms with Gasteiger partial charge in [0.05, 0.1) is 28.5 Å². The molecule has 0 radical (unpaired) electrons. The minimum absolute atomic E-state index is 0.0432. The van der Waals surface area contributed by atoms with Crippen LogP contribution < -0.4 is 0 Å². The lowest BCUT2D eigenvalue weighted by Gasteiger charge is -2.35. The number of fused-ring (bicyclic) bond motifs is 1. The van der Waals surface area contributed by atoms with Crippen LogP contribution in [-0.2, 0) is 7.05 Å². The number of benzene rings is 2. The van der Waals surface area contributed by atoms with Gasteiger partial charge >= 0.3 is 0 Å². The number of aromatic nitrogens is 5. The van der Waals surface area contributed by atoms with Gasteiger partial charge in [-0.3, -0.25) is 0 Å². The molecule has 0 amide bonds. The summed E-state index contributed by atoms with van der Waals surface area (Å²) in [7, 11) is 1.89. The third-order valence-electron chi connectivity index (χ3n) is 6.76. The number of imidazole rings is 1. The minimum atomic E-state index is -2.55. The number of halogens is 2. The molecule has 1 fully saturated rings. The van der Waals surface area contributed by atoms with Crippen molar-refractivity contribution >= 4 is 11.0 Å². The number of hydrogen-bond donors (Lipinski definition) is 0. The molecule has 1 atom stereocenters. The van der Waals surface area contributed by atoms with Crippen LogP contribution in [0, 0.1) is 19.8 Å². The monoisotopic (exact) mass is 435 g/mol. The highest BCUT2D eigenvalue weighted by Gasteiger charge is 2.39. The van der Waals surface area contributed by atoms with Crippen molar-refractivity contribution in [3.05, 3.63) is 65.6 Å². The van der Waals surface area contributed by atoms with E-state index >= 15 is 0 Å². The summed E-state index contributed by atoms with van der Waals surface area (Å²) in [6.07, 6.45) is 0.877. The molecule has 166 valence electrons. The quantitative estimate of drug-likeness (QED) is 0.403. The summed E-state index contributed by atoms with van der Waals surface area (Å²) < 4.78 is 32.0. The maximum atomic E-state index is 14.0. The van der Waals surface area contributed by atoms with Crippen molar-refractivity contribution in [2.75, 3.05) is 0 Å². The van der Waals surface area contributed by atoms with E-state index in [0.717, 1.165) is 39.4 Å². The van der Waals surface area contributed by atoms with Gasteiger partial charge in [0.1, 0.15) is 5.82 Å². The number of nitrogens with zero attached hydrogens (tertiary/aromatic N) is 5. The molecule has 2 aromatic carbocycles. The van der Waals surface area contributed by atoms with E-state index in [1.54, 1.807) is 4.68 Å². The summed E-state index contributed by atoms with van der Waals surface area (Å²) >= 11 is 0. The van der Waals surface area contributed by atoms with Crippen molar-refractivity contribution in [2.45, 2.75) is 51.5 Å². The average Bonchev–Trinajstić information content (AvgIpc) is 3.28. The standard InChI is InChI=1S/C25H27F2N5/c1-16-23(31(3)30-29-16)20-9-10-21-22(15-20)32(17(2)28-21)24(18-7-5-4-6-8-18)19-11-13-25(26,27)14-12-19/h4-10,15,19,24H,11-14H2,1-3H3/t24-/m0/s1. The summed E-state index contributed by atoms with van der Waals surface area (Å²) in [5.74, 6) is -1.54. The molecule has 4 aromatic rings. The van der Waals surface area contributed by atoms with Gasteiger partial charge in [-0.15, -0.1) is 5.10 Å². The van der Waals surface area contributed by atoms with Crippen LogP contribution in [0.25, 0.3) is 22.3 Å². The third kappa shape index (κ3) is 3.59. The van der Waals surface area contributed by atoms with Crippen molar-refractivity contribution in [1.29, 1.82) is 0 Å². The fourth-order valence-corrected chi connectivity index (χ4v) is 5.23. The second-order valence-electron chi connectivity index (χ2n) is 8.93. The fraction of sp³-hybridized carbons (Fsp3) is 0.400. The van der Waals surface area contributed by atoms with Gasteiger partial charge in [-0.2, -0.15) is 0 Å². The first-order valence-corrected chi connectivity index (χ1v) is 11.1. The van der Waals surface area contributed by atoms with Crippen molar-refractivity contribution < 1.29 is 8.78 Å². The predicted molar refractivity (Wildman–Crippen MR) is 121 cm³/mol. The third-order valence-corrected chi connectivity index (χ3v) is 6.76. The Hall–Kier alpha value is -3.09.